The zero-order chi connectivity index (χ0) is 17.8. The molecule has 0 bridgehead atoms. The molecule has 2 aromatic carbocycles. The molecule has 2 aromatic rings. The van der Waals surface area contributed by atoms with Gasteiger partial charge < -0.3 is 10.2 Å². The van der Waals surface area contributed by atoms with Crippen LogP contribution < -0.4 is 5.32 Å². The molecule has 25 heavy (non-hydrogen) atoms. The van der Waals surface area contributed by atoms with Crippen LogP contribution in [0.4, 0.5) is 4.39 Å². The summed E-state index contributed by atoms with van der Waals surface area (Å²) in [5, 5.41) is 4.08. The van der Waals surface area contributed by atoms with Crippen molar-refractivity contribution in [1.82, 2.24) is 10.2 Å². The summed E-state index contributed by atoms with van der Waals surface area (Å²) >= 11 is 5.96. The summed E-state index contributed by atoms with van der Waals surface area (Å²) in [6.07, 6.45) is 2.33. The van der Waals surface area contributed by atoms with E-state index in [4.69, 9.17) is 11.6 Å². The quantitative estimate of drug-likeness (QED) is 0.803. The minimum atomic E-state index is -0.285. The van der Waals surface area contributed by atoms with E-state index in [0.29, 0.717) is 16.5 Å². The van der Waals surface area contributed by atoms with Crippen LogP contribution in [0.1, 0.15) is 30.0 Å². The fraction of sp³-hybridized carbons (Fsp3) is 0.350. The first kappa shape index (κ1) is 17.9. The highest BCUT2D eigenvalue weighted by Gasteiger charge is 2.32. The fourth-order valence-electron chi connectivity index (χ4n) is 2.96. The molecule has 3 nitrogen and oxygen atoms in total. The SMILES string of the molecule is CN(Cc1ccccc1F)C(=O)CNC(c1ccc(Cl)cc1)C1CC1. The monoisotopic (exact) mass is 360 g/mol. The van der Waals surface area contributed by atoms with Crippen LogP contribution in [-0.2, 0) is 11.3 Å². The molecule has 0 spiro atoms. The standard InChI is InChI=1S/C20H22ClFN2O/c1-24(13-16-4-2-3-5-18(16)22)19(25)12-23-20(14-6-7-14)15-8-10-17(21)11-9-15/h2-5,8-11,14,20,23H,6-7,12-13H2,1H3. The van der Waals surface area contributed by atoms with Crippen molar-refractivity contribution in [3.63, 3.8) is 0 Å². The predicted octanol–water partition coefficient (Wildman–Crippen LogP) is 4.18. The highest BCUT2D eigenvalue weighted by Crippen LogP contribution is 2.41. The molecule has 3 rings (SSSR count). The zero-order valence-corrected chi connectivity index (χ0v) is 15.0. The van der Waals surface area contributed by atoms with E-state index in [2.05, 4.69) is 5.32 Å². The lowest BCUT2D eigenvalue weighted by Gasteiger charge is -2.22. The third-order valence-corrected chi connectivity index (χ3v) is 4.84. The van der Waals surface area contributed by atoms with E-state index in [9.17, 15) is 9.18 Å². The number of nitrogens with zero attached hydrogens (tertiary/aromatic N) is 1. The van der Waals surface area contributed by atoms with Crippen LogP contribution >= 0.6 is 11.6 Å². The fourth-order valence-corrected chi connectivity index (χ4v) is 3.08. The van der Waals surface area contributed by atoms with Gasteiger partial charge in [-0.2, -0.15) is 0 Å². The molecule has 132 valence electrons. The molecule has 1 amide bonds. The molecule has 1 atom stereocenters. The van der Waals surface area contributed by atoms with Crippen LogP contribution in [0.5, 0.6) is 0 Å². The minimum absolute atomic E-state index is 0.0529. The van der Waals surface area contributed by atoms with E-state index < -0.39 is 0 Å². The highest BCUT2D eigenvalue weighted by molar-refractivity contribution is 6.30. The molecule has 0 aromatic heterocycles. The second kappa shape index (κ2) is 7.98. The third-order valence-electron chi connectivity index (χ3n) is 4.59. The van der Waals surface area contributed by atoms with E-state index in [1.807, 2.05) is 24.3 Å². The predicted molar refractivity (Wildman–Crippen MR) is 97.8 cm³/mol. The van der Waals surface area contributed by atoms with Crippen LogP contribution in [0.3, 0.4) is 0 Å². The lowest BCUT2D eigenvalue weighted by Crippen LogP contribution is -2.37. The molecular formula is C20H22ClFN2O. The molecule has 1 aliphatic carbocycles. The largest absolute Gasteiger partial charge is 0.340 e. The number of amides is 1. The molecule has 1 saturated carbocycles. The molecule has 1 fully saturated rings. The number of hydrogen-bond donors (Lipinski definition) is 1. The summed E-state index contributed by atoms with van der Waals surface area (Å²) in [6.45, 7) is 0.497. The summed E-state index contributed by atoms with van der Waals surface area (Å²) in [5.74, 6) is 0.223. The number of nitrogens with one attached hydrogen (secondary N) is 1. The average Bonchev–Trinajstić information content (AvgIpc) is 3.43. The highest BCUT2D eigenvalue weighted by atomic mass is 35.5. The Hall–Kier alpha value is -1.91. The number of rotatable bonds is 7. The second-order valence-electron chi connectivity index (χ2n) is 6.59. The molecule has 1 N–H and O–H groups in total. The first-order valence-electron chi connectivity index (χ1n) is 8.51. The molecule has 5 heteroatoms. The minimum Gasteiger partial charge on any atom is -0.340 e. The van der Waals surface area contributed by atoms with Gasteiger partial charge in [0.25, 0.3) is 0 Å². The molecular weight excluding hydrogens is 339 g/mol. The maximum absolute atomic E-state index is 13.7. The molecule has 1 aliphatic rings. The Balaban J connectivity index is 1.58. The third kappa shape index (κ3) is 4.80. The summed E-state index contributed by atoms with van der Waals surface area (Å²) < 4.78 is 13.7. The van der Waals surface area contributed by atoms with Crippen LogP contribution in [0.15, 0.2) is 48.5 Å². The second-order valence-corrected chi connectivity index (χ2v) is 7.03. The van der Waals surface area contributed by atoms with Gasteiger partial charge in [0, 0.05) is 30.2 Å². The lowest BCUT2D eigenvalue weighted by atomic mass is 10.0. The van der Waals surface area contributed by atoms with Gasteiger partial charge in [0.2, 0.25) is 5.91 Å². The Morgan fingerprint density at radius 1 is 1.24 bits per heavy atom. The normalized spacial score (nSPS) is 15.0. The zero-order valence-electron chi connectivity index (χ0n) is 14.2. The number of carbonyl (C=O) groups excluding carboxylic acids is 1. The first-order chi connectivity index (χ1) is 12.0. The van der Waals surface area contributed by atoms with Gasteiger partial charge in [-0.3, -0.25) is 4.79 Å². The van der Waals surface area contributed by atoms with Crippen molar-refractivity contribution in [3.05, 3.63) is 70.5 Å². The van der Waals surface area contributed by atoms with Gasteiger partial charge in [0.1, 0.15) is 5.82 Å². The van der Waals surface area contributed by atoms with Crippen LogP contribution in [0, 0.1) is 11.7 Å². The van der Waals surface area contributed by atoms with Crippen molar-refractivity contribution in [2.45, 2.75) is 25.4 Å². The van der Waals surface area contributed by atoms with E-state index in [0.717, 1.165) is 5.56 Å². The van der Waals surface area contributed by atoms with E-state index in [1.165, 1.54) is 18.9 Å². The van der Waals surface area contributed by atoms with Gasteiger partial charge in [-0.1, -0.05) is 41.9 Å². The Kier molecular flexibility index (Phi) is 5.71. The van der Waals surface area contributed by atoms with Crippen molar-refractivity contribution in [2.24, 2.45) is 5.92 Å². The van der Waals surface area contributed by atoms with Crippen LogP contribution in [-0.4, -0.2) is 24.4 Å². The van der Waals surface area contributed by atoms with Crippen LogP contribution in [0.25, 0.3) is 0 Å². The number of hydrogen-bond acceptors (Lipinski definition) is 2. The van der Waals surface area contributed by atoms with Gasteiger partial charge in [-0.25, -0.2) is 4.39 Å². The van der Waals surface area contributed by atoms with E-state index in [-0.39, 0.29) is 30.9 Å². The summed E-state index contributed by atoms with van der Waals surface area (Å²) in [6, 6.07) is 14.5. The molecule has 0 saturated heterocycles. The molecule has 0 radical (unpaired) electrons. The molecule has 0 aliphatic heterocycles. The van der Waals surface area contributed by atoms with Gasteiger partial charge in [0.05, 0.1) is 6.54 Å². The molecule has 1 unspecified atom stereocenters. The number of likely N-dealkylation sites (N-methyl/N-ethyl adjacent to an activating group) is 1. The van der Waals surface area contributed by atoms with Gasteiger partial charge in [-0.15, -0.1) is 0 Å². The van der Waals surface area contributed by atoms with Crippen molar-refractivity contribution in [2.75, 3.05) is 13.6 Å². The summed E-state index contributed by atoms with van der Waals surface area (Å²) in [5.41, 5.74) is 1.67. The summed E-state index contributed by atoms with van der Waals surface area (Å²) in [7, 11) is 1.70. The van der Waals surface area contributed by atoms with Gasteiger partial charge >= 0.3 is 0 Å². The van der Waals surface area contributed by atoms with Crippen LogP contribution in [0.2, 0.25) is 5.02 Å². The Labute approximate surface area is 152 Å². The van der Waals surface area contributed by atoms with E-state index >= 15 is 0 Å². The average molecular weight is 361 g/mol. The summed E-state index contributed by atoms with van der Waals surface area (Å²) in [4.78, 5) is 14.0. The topological polar surface area (TPSA) is 32.3 Å². The Bertz CT molecular complexity index is 731. The molecule has 0 heterocycles. The van der Waals surface area contributed by atoms with Gasteiger partial charge in [0.15, 0.2) is 0 Å². The Morgan fingerprint density at radius 2 is 1.92 bits per heavy atom. The first-order valence-corrected chi connectivity index (χ1v) is 8.88. The number of halogens is 2. The lowest BCUT2D eigenvalue weighted by molar-refractivity contribution is -0.129. The Morgan fingerprint density at radius 3 is 2.56 bits per heavy atom. The van der Waals surface area contributed by atoms with Gasteiger partial charge in [-0.05, 0) is 42.5 Å². The van der Waals surface area contributed by atoms with Crippen molar-refractivity contribution >= 4 is 17.5 Å². The number of carbonyl (C=O) groups is 1. The smallest absolute Gasteiger partial charge is 0.236 e. The van der Waals surface area contributed by atoms with Crippen molar-refractivity contribution < 1.29 is 9.18 Å². The number of benzene rings is 2. The maximum Gasteiger partial charge on any atom is 0.236 e. The van der Waals surface area contributed by atoms with Crippen molar-refractivity contribution in [3.8, 4) is 0 Å². The maximum atomic E-state index is 13.7. The van der Waals surface area contributed by atoms with E-state index in [1.54, 1.807) is 30.1 Å². The van der Waals surface area contributed by atoms with Crippen molar-refractivity contribution in [1.29, 1.82) is 0 Å².